The molecule has 2 heterocycles. The lowest BCUT2D eigenvalue weighted by molar-refractivity contribution is -0.113. The van der Waals surface area contributed by atoms with Crippen molar-refractivity contribution >= 4 is 50.2 Å². The number of amides is 1. The molecule has 0 bridgehead atoms. The van der Waals surface area contributed by atoms with E-state index in [1.165, 1.54) is 28.7 Å². The van der Waals surface area contributed by atoms with E-state index in [1.54, 1.807) is 4.57 Å². The number of carbonyl (C=O) groups excluding carboxylic acids is 1. The zero-order valence-corrected chi connectivity index (χ0v) is 20.3. The maximum atomic E-state index is 13.2. The molecule has 1 aromatic carbocycles. The van der Waals surface area contributed by atoms with E-state index in [4.69, 9.17) is 0 Å². The predicted molar refractivity (Wildman–Crippen MR) is 131 cm³/mol. The van der Waals surface area contributed by atoms with Crippen LogP contribution in [-0.2, 0) is 11.2 Å². The number of thiazole rings is 1. The van der Waals surface area contributed by atoms with Crippen molar-refractivity contribution in [1.29, 1.82) is 0 Å². The van der Waals surface area contributed by atoms with E-state index >= 15 is 0 Å². The summed E-state index contributed by atoms with van der Waals surface area (Å²) in [4.78, 5) is 37.0. The molecule has 3 rings (SSSR count). The van der Waals surface area contributed by atoms with Gasteiger partial charge in [0.2, 0.25) is 5.91 Å². The summed E-state index contributed by atoms with van der Waals surface area (Å²) in [6.45, 7) is 11.7. The maximum Gasteiger partial charge on any atom is 0.274 e. The Morgan fingerprint density at radius 2 is 1.84 bits per heavy atom. The van der Waals surface area contributed by atoms with Gasteiger partial charge < -0.3 is 10.2 Å². The fourth-order valence-corrected chi connectivity index (χ4v) is 5.18. The first-order valence-corrected chi connectivity index (χ1v) is 12.4. The van der Waals surface area contributed by atoms with Crippen LogP contribution < -0.4 is 15.8 Å². The molecule has 2 aromatic heterocycles. The third-order valence-electron chi connectivity index (χ3n) is 4.95. The zero-order chi connectivity index (χ0) is 22.5. The maximum absolute atomic E-state index is 13.2. The van der Waals surface area contributed by atoms with Crippen molar-refractivity contribution in [2.45, 2.75) is 52.2 Å². The smallest absolute Gasteiger partial charge is 0.274 e. The Labute approximate surface area is 190 Å². The Bertz CT molecular complexity index is 1100. The standard InChI is InChI=1S/C22H29N5O2S2/c1-6-15-9-11-16(12-10-15)23-17(28)13-30-22-25-19-18(20(29)27(22)14(4)5)31-21(24-19)26(7-2)8-3/h9-12,14H,6-8,13H2,1-5H3,(H,23,28). The second-order valence-electron chi connectivity index (χ2n) is 7.37. The quantitative estimate of drug-likeness (QED) is 0.373. The zero-order valence-electron chi connectivity index (χ0n) is 18.6. The third kappa shape index (κ3) is 5.27. The molecular formula is C22H29N5O2S2. The van der Waals surface area contributed by atoms with Gasteiger partial charge in [0, 0.05) is 24.8 Å². The van der Waals surface area contributed by atoms with Gasteiger partial charge in [-0.2, -0.15) is 4.98 Å². The van der Waals surface area contributed by atoms with E-state index in [0.717, 1.165) is 30.3 Å². The molecule has 0 unspecified atom stereocenters. The molecule has 0 saturated carbocycles. The molecule has 166 valence electrons. The number of anilines is 2. The summed E-state index contributed by atoms with van der Waals surface area (Å²) < 4.78 is 2.21. The SMILES string of the molecule is CCc1ccc(NC(=O)CSc2nc3nc(N(CC)CC)sc3c(=O)n2C(C)C)cc1. The molecule has 0 fully saturated rings. The van der Waals surface area contributed by atoms with Gasteiger partial charge in [0.05, 0.1) is 5.75 Å². The number of benzene rings is 1. The fraction of sp³-hybridized carbons (Fsp3) is 0.455. The third-order valence-corrected chi connectivity index (χ3v) is 6.99. The van der Waals surface area contributed by atoms with Crippen molar-refractivity contribution in [1.82, 2.24) is 14.5 Å². The molecule has 1 amide bonds. The molecular weight excluding hydrogens is 430 g/mol. The van der Waals surface area contributed by atoms with E-state index in [2.05, 4.69) is 41.0 Å². The van der Waals surface area contributed by atoms with Crippen LogP contribution in [0.5, 0.6) is 0 Å². The van der Waals surface area contributed by atoms with Crippen LogP contribution in [-0.4, -0.2) is 39.3 Å². The number of aromatic nitrogens is 3. The van der Waals surface area contributed by atoms with Gasteiger partial charge in [0.15, 0.2) is 15.9 Å². The van der Waals surface area contributed by atoms with Gasteiger partial charge in [-0.25, -0.2) is 4.98 Å². The molecule has 0 aliphatic rings. The van der Waals surface area contributed by atoms with Gasteiger partial charge >= 0.3 is 0 Å². The number of aryl methyl sites for hydroxylation is 1. The van der Waals surface area contributed by atoms with Crippen LogP contribution in [0.4, 0.5) is 10.8 Å². The lowest BCUT2D eigenvalue weighted by atomic mass is 10.1. The van der Waals surface area contributed by atoms with Gasteiger partial charge in [-0.05, 0) is 51.8 Å². The van der Waals surface area contributed by atoms with Crippen LogP contribution in [0.1, 0.15) is 46.2 Å². The van der Waals surface area contributed by atoms with Crippen molar-refractivity contribution in [3.8, 4) is 0 Å². The van der Waals surface area contributed by atoms with Crippen LogP contribution >= 0.6 is 23.1 Å². The number of fused-ring (bicyclic) bond motifs is 1. The number of nitrogens with one attached hydrogen (secondary N) is 1. The highest BCUT2D eigenvalue weighted by Crippen LogP contribution is 2.28. The monoisotopic (exact) mass is 459 g/mol. The summed E-state index contributed by atoms with van der Waals surface area (Å²) in [6.07, 6.45) is 0.956. The van der Waals surface area contributed by atoms with Crippen molar-refractivity contribution in [3.05, 3.63) is 40.2 Å². The summed E-state index contributed by atoms with van der Waals surface area (Å²) in [5.74, 6) is 0.0220. The predicted octanol–water partition coefficient (Wildman–Crippen LogP) is 4.57. The molecule has 0 atom stereocenters. The van der Waals surface area contributed by atoms with E-state index in [-0.39, 0.29) is 23.3 Å². The first kappa shape index (κ1) is 23.3. The highest BCUT2D eigenvalue weighted by molar-refractivity contribution is 7.99. The second kappa shape index (κ2) is 10.3. The fourth-order valence-electron chi connectivity index (χ4n) is 3.19. The first-order valence-electron chi connectivity index (χ1n) is 10.6. The number of thioether (sulfide) groups is 1. The molecule has 1 N–H and O–H groups in total. The van der Waals surface area contributed by atoms with Crippen LogP contribution in [0, 0.1) is 0 Å². The van der Waals surface area contributed by atoms with Gasteiger partial charge in [-0.1, -0.05) is 42.2 Å². The van der Waals surface area contributed by atoms with Crippen molar-refractivity contribution in [2.24, 2.45) is 0 Å². The number of hydrogen-bond acceptors (Lipinski definition) is 7. The molecule has 3 aromatic rings. The number of rotatable bonds is 9. The summed E-state index contributed by atoms with van der Waals surface area (Å²) in [7, 11) is 0. The molecule has 0 aliphatic heterocycles. The summed E-state index contributed by atoms with van der Waals surface area (Å²) in [5.41, 5.74) is 2.33. The first-order chi connectivity index (χ1) is 14.9. The van der Waals surface area contributed by atoms with Gasteiger partial charge in [0.25, 0.3) is 5.56 Å². The minimum Gasteiger partial charge on any atom is -0.349 e. The molecule has 7 nitrogen and oxygen atoms in total. The van der Waals surface area contributed by atoms with Crippen LogP contribution in [0.3, 0.4) is 0 Å². The Hall–Kier alpha value is -2.39. The Balaban J connectivity index is 1.83. The van der Waals surface area contributed by atoms with Crippen LogP contribution in [0.25, 0.3) is 10.3 Å². The van der Waals surface area contributed by atoms with E-state index < -0.39 is 0 Å². The average Bonchev–Trinajstić information content (AvgIpc) is 3.17. The minimum atomic E-state index is -0.138. The lowest BCUT2D eigenvalue weighted by Crippen LogP contribution is -2.25. The molecule has 0 aliphatic carbocycles. The average molecular weight is 460 g/mol. The largest absolute Gasteiger partial charge is 0.349 e. The van der Waals surface area contributed by atoms with Gasteiger partial charge in [-0.3, -0.25) is 14.2 Å². The van der Waals surface area contributed by atoms with E-state index in [0.29, 0.717) is 15.5 Å². The molecule has 31 heavy (non-hydrogen) atoms. The number of hydrogen-bond donors (Lipinski definition) is 1. The summed E-state index contributed by atoms with van der Waals surface area (Å²) in [5, 5.41) is 4.22. The minimum absolute atomic E-state index is 0.0736. The molecule has 0 radical (unpaired) electrons. The number of carbonyl (C=O) groups is 1. The highest BCUT2D eigenvalue weighted by Gasteiger charge is 2.20. The Morgan fingerprint density at radius 1 is 1.16 bits per heavy atom. The van der Waals surface area contributed by atoms with Crippen molar-refractivity contribution < 1.29 is 4.79 Å². The Morgan fingerprint density at radius 3 is 2.42 bits per heavy atom. The Kier molecular flexibility index (Phi) is 7.72. The van der Waals surface area contributed by atoms with Crippen LogP contribution in [0.15, 0.2) is 34.2 Å². The lowest BCUT2D eigenvalue weighted by Gasteiger charge is -2.15. The van der Waals surface area contributed by atoms with E-state index in [1.807, 2.05) is 38.1 Å². The molecule has 0 spiro atoms. The summed E-state index contributed by atoms with van der Waals surface area (Å²) in [6, 6.07) is 7.74. The molecule has 0 saturated heterocycles. The van der Waals surface area contributed by atoms with Crippen molar-refractivity contribution in [2.75, 3.05) is 29.1 Å². The van der Waals surface area contributed by atoms with Crippen LogP contribution in [0.2, 0.25) is 0 Å². The van der Waals surface area contributed by atoms with Crippen molar-refractivity contribution in [3.63, 3.8) is 0 Å². The van der Waals surface area contributed by atoms with E-state index in [9.17, 15) is 9.59 Å². The second-order valence-corrected chi connectivity index (χ2v) is 9.29. The van der Waals surface area contributed by atoms with Gasteiger partial charge in [0.1, 0.15) is 4.70 Å². The van der Waals surface area contributed by atoms with Gasteiger partial charge in [-0.15, -0.1) is 0 Å². The highest BCUT2D eigenvalue weighted by atomic mass is 32.2. The number of nitrogens with zero attached hydrogens (tertiary/aromatic N) is 4. The molecule has 9 heteroatoms. The summed E-state index contributed by atoms with van der Waals surface area (Å²) >= 11 is 2.64. The normalized spacial score (nSPS) is 11.3. The topological polar surface area (TPSA) is 80.1 Å².